The average molecular weight is 512 g/mol. The Bertz CT molecular complexity index is 1240. The normalized spacial score (nSPS) is 11.2. The van der Waals surface area contributed by atoms with Crippen molar-refractivity contribution in [3.63, 3.8) is 0 Å². The largest absolute Gasteiger partial charge is 0.352 e. The third-order valence-electron chi connectivity index (χ3n) is 4.22. The molecule has 0 bridgehead atoms. The van der Waals surface area contributed by atoms with Gasteiger partial charge in [0, 0.05) is 25.9 Å². The fraction of sp³-hybridized carbons (Fsp3) is 0.200. The van der Waals surface area contributed by atoms with E-state index in [9.17, 15) is 22.4 Å². The van der Waals surface area contributed by atoms with Gasteiger partial charge in [-0.3, -0.25) is 9.59 Å². The zero-order chi connectivity index (χ0) is 23.8. The predicted octanol–water partition coefficient (Wildman–Crippen LogP) is 2.61. The van der Waals surface area contributed by atoms with Crippen molar-refractivity contribution >= 4 is 49.9 Å². The van der Waals surface area contributed by atoms with Gasteiger partial charge in [-0.15, -0.1) is 10.2 Å². The van der Waals surface area contributed by atoms with E-state index in [0.29, 0.717) is 28.6 Å². The van der Waals surface area contributed by atoms with Crippen LogP contribution in [0, 0.1) is 5.82 Å². The Morgan fingerprint density at radius 1 is 1.03 bits per heavy atom. The molecule has 0 aliphatic heterocycles. The Morgan fingerprint density at radius 2 is 1.76 bits per heavy atom. The lowest BCUT2D eigenvalue weighted by molar-refractivity contribution is -0.116. The van der Waals surface area contributed by atoms with Crippen LogP contribution in [-0.2, 0) is 21.2 Å². The van der Waals surface area contributed by atoms with Gasteiger partial charge in [0.15, 0.2) is 0 Å². The smallest absolute Gasteiger partial charge is 0.252 e. The summed E-state index contributed by atoms with van der Waals surface area (Å²) in [5, 5.41) is 14.3. The number of benzene rings is 2. The maximum Gasteiger partial charge on any atom is 0.252 e. The molecule has 0 saturated carbocycles. The van der Waals surface area contributed by atoms with Crippen molar-refractivity contribution < 1.29 is 22.4 Å². The number of sulfonamides is 1. The standard InChI is InChI=1S/C20H19ClFN5O4S2/c21-16-4-2-1-3-15(16)19(29)23-11-10-18-26-27-20(32-18)25-17(28)9-12-24-33(30,31)14-7-5-13(22)6-8-14/h1-8,24H,9-12H2,(H,23,29)(H,25,27,28). The molecule has 3 N–H and O–H groups in total. The van der Waals surface area contributed by atoms with Crippen LogP contribution in [0.3, 0.4) is 0 Å². The minimum atomic E-state index is -3.85. The second kappa shape index (κ2) is 11.3. The number of amides is 2. The molecule has 0 aliphatic rings. The first-order chi connectivity index (χ1) is 15.7. The van der Waals surface area contributed by atoms with Gasteiger partial charge in [-0.05, 0) is 36.4 Å². The van der Waals surface area contributed by atoms with Crippen LogP contribution in [-0.4, -0.2) is 43.5 Å². The monoisotopic (exact) mass is 511 g/mol. The summed E-state index contributed by atoms with van der Waals surface area (Å²) in [4.78, 5) is 24.1. The number of hydrogen-bond donors (Lipinski definition) is 3. The first-order valence-electron chi connectivity index (χ1n) is 9.65. The van der Waals surface area contributed by atoms with Crippen LogP contribution in [0.15, 0.2) is 53.4 Å². The molecule has 3 rings (SSSR count). The van der Waals surface area contributed by atoms with Gasteiger partial charge in [0.05, 0.1) is 15.5 Å². The molecule has 0 fully saturated rings. The number of carbonyl (C=O) groups excluding carboxylic acids is 2. The molecule has 2 aromatic carbocycles. The van der Waals surface area contributed by atoms with Crippen molar-refractivity contribution in [2.45, 2.75) is 17.7 Å². The third kappa shape index (κ3) is 7.29. The molecule has 2 amide bonds. The Labute approximate surface area is 198 Å². The minimum Gasteiger partial charge on any atom is -0.352 e. The van der Waals surface area contributed by atoms with E-state index in [1.807, 2.05) is 0 Å². The van der Waals surface area contributed by atoms with E-state index >= 15 is 0 Å². The van der Waals surface area contributed by atoms with Gasteiger partial charge in [-0.2, -0.15) is 0 Å². The zero-order valence-electron chi connectivity index (χ0n) is 17.0. The van der Waals surface area contributed by atoms with E-state index in [2.05, 4.69) is 25.6 Å². The molecular weight excluding hydrogens is 493 g/mol. The summed E-state index contributed by atoms with van der Waals surface area (Å²) in [7, 11) is -3.85. The molecule has 0 unspecified atom stereocenters. The van der Waals surface area contributed by atoms with E-state index in [4.69, 9.17) is 11.6 Å². The fourth-order valence-corrected chi connectivity index (χ4v) is 4.62. The molecule has 9 nitrogen and oxygen atoms in total. The quantitative estimate of drug-likeness (QED) is 0.383. The number of aromatic nitrogens is 2. The molecule has 0 radical (unpaired) electrons. The summed E-state index contributed by atoms with van der Waals surface area (Å²) in [6.45, 7) is 0.156. The van der Waals surface area contributed by atoms with E-state index in [1.54, 1.807) is 24.3 Å². The van der Waals surface area contributed by atoms with Crippen LogP contribution in [0.5, 0.6) is 0 Å². The van der Waals surface area contributed by atoms with Gasteiger partial charge in [0.25, 0.3) is 5.91 Å². The van der Waals surface area contributed by atoms with Crippen molar-refractivity contribution in [3.05, 3.63) is 69.9 Å². The highest BCUT2D eigenvalue weighted by molar-refractivity contribution is 7.89. The molecule has 0 spiro atoms. The number of halogens is 2. The number of anilines is 1. The summed E-state index contributed by atoms with van der Waals surface area (Å²) < 4.78 is 39.5. The lowest BCUT2D eigenvalue weighted by Gasteiger charge is -2.06. The topological polar surface area (TPSA) is 130 Å². The lowest BCUT2D eigenvalue weighted by Crippen LogP contribution is -2.27. The van der Waals surface area contributed by atoms with Crippen molar-refractivity contribution in [2.75, 3.05) is 18.4 Å². The SMILES string of the molecule is O=C(CCNS(=O)(=O)c1ccc(F)cc1)Nc1nnc(CCNC(=O)c2ccccc2Cl)s1. The van der Waals surface area contributed by atoms with Gasteiger partial charge in [0.2, 0.25) is 21.1 Å². The third-order valence-corrected chi connectivity index (χ3v) is 6.93. The number of rotatable bonds is 10. The van der Waals surface area contributed by atoms with Crippen LogP contribution in [0.25, 0.3) is 0 Å². The molecule has 174 valence electrons. The minimum absolute atomic E-state index is 0.0975. The summed E-state index contributed by atoms with van der Waals surface area (Å²) >= 11 is 7.14. The highest BCUT2D eigenvalue weighted by atomic mass is 35.5. The summed E-state index contributed by atoms with van der Waals surface area (Å²) in [5.74, 6) is -1.30. The summed E-state index contributed by atoms with van der Waals surface area (Å²) in [6, 6.07) is 11.0. The first-order valence-corrected chi connectivity index (χ1v) is 12.3. The van der Waals surface area contributed by atoms with Gasteiger partial charge in [-0.25, -0.2) is 17.5 Å². The molecule has 13 heteroatoms. The highest BCUT2D eigenvalue weighted by Gasteiger charge is 2.15. The van der Waals surface area contributed by atoms with Gasteiger partial charge < -0.3 is 10.6 Å². The molecule has 33 heavy (non-hydrogen) atoms. The van der Waals surface area contributed by atoms with Crippen LogP contribution < -0.4 is 15.4 Å². The van der Waals surface area contributed by atoms with Crippen molar-refractivity contribution in [3.8, 4) is 0 Å². The van der Waals surface area contributed by atoms with Crippen molar-refractivity contribution in [2.24, 2.45) is 0 Å². The molecule has 3 aromatic rings. The first kappa shape index (κ1) is 24.7. The number of hydrogen-bond acceptors (Lipinski definition) is 7. The lowest BCUT2D eigenvalue weighted by atomic mass is 10.2. The molecular formula is C20H19ClFN5O4S2. The van der Waals surface area contributed by atoms with E-state index in [0.717, 1.165) is 35.6 Å². The Hall–Kier alpha value is -2.93. The molecule has 0 saturated heterocycles. The second-order valence-electron chi connectivity index (χ2n) is 6.64. The number of carbonyl (C=O) groups is 2. The Kier molecular flexibility index (Phi) is 8.44. The second-order valence-corrected chi connectivity index (χ2v) is 9.87. The van der Waals surface area contributed by atoms with Gasteiger partial charge >= 0.3 is 0 Å². The molecule has 0 atom stereocenters. The average Bonchev–Trinajstić information content (AvgIpc) is 3.21. The van der Waals surface area contributed by atoms with Crippen molar-refractivity contribution in [1.82, 2.24) is 20.2 Å². The summed E-state index contributed by atoms with van der Waals surface area (Å²) in [6.07, 6.45) is 0.268. The van der Waals surface area contributed by atoms with E-state index in [-0.39, 0.29) is 28.9 Å². The molecule has 1 aromatic heterocycles. The molecule has 1 heterocycles. The van der Waals surface area contributed by atoms with Crippen LogP contribution in [0.2, 0.25) is 5.02 Å². The van der Waals surface area contributed by atoms with Gasteiger partial charge in [0.1, 0.15) is 10.8 Å². The number of nitrogens with zero attached hydrogens (tertiary/aromatic N) is 2. The zero-order valence-corrected chi connectivity index (χ0v) is 19.4. The van der Waals surface area contributed by atoms with Crippen LogP contribution in [0.4, 0.5) is 9.52 Å². The highest BCUT2D eigenvalue weighted by Crippen LogP contribution is 2.17. The predicted molar refractivity (Wildman–Crippen MR) is 122 cm³/mol. The Balaban J connectivity index is 1.40. The maximum atomic E-state index is 12.9. The molecule has 0 aliphatic carbocycles. The van der Waals surface area contributed by atoms with E-state index in [1.165, 1.54) is 0 Å². The van der Waals surface area contributed by atoms with Gasteiger partial charge in [-0.1, -0.05) is 35.1 Å². The van der Waals surface area contributed by atoms with E-state index < -0.39 is 21.7 Å². The van der Waals surface area contributed by atoms with Crippen LogP contribution >= 0.6 is 22.9 Å². The maximum absolute atomic E-state index is 12.9. The van der Waals surface area contributed by atoms with Crippen molar-refractivity contribution in [1.29, 1.82) is 0 Å². The summed E-state index contributed by atoms with van der Waals surface area (Å²) in [5.41, 5.74) is 0.374. The number of nitrogens with one attached hydrogen (secondary N) is 3. The fourth-order valence-electron chi connectivity index (χ4n) is 2.61. The Morgan fingerprint density at radius 3 is 2.48 bits per heavy atom. The van der Waals surface area contributed by atoms with Crippen LogP contribution in [0.1, 0.15) is 21.8 Å².